The van der Waals surface area contributed by atoms with Gasteiger partial charge >= 0.3 is 0 Å². The summed E-state index contributed by atoms with van der Waals surface area (Å²) in [6, 6.07) is 4.03. The Morgan fingerprint density at radius 1 is 1.44 bits per heavy atom. The van der Waals surface area contributed by atoms with Crippen LogP contribution >= 0.6 is 23.2 Å². The van der Waals surface area contributed by atoms with Crippen molar-refractivity contribution < 1.29 is 9.53 Å². The van der Waals surface area contributed by atoms with Gasteiger partial charge < -0.3 is 15.8 Å². The number of methoxy groups -OCH3 is 1. The van der Waals surface area contributed by atoms with Crippen molar-refractivity contribution >= 4 is 34.8 Å². The van der Waals surface area contributed by atoms with Gasteiger partial charge in [0.2, 0.25) is 5.91 Å². The van der Waals surface area contributed by atoms with Crippen LogP contribution < -0.4 is 11.1 Å². The standard InChI is InChI=1S/C10H12Cl2N2O2/c1-16-5-9(13)10(15)14-8-3-6(11)2-7(12)4-8/h2-4,9H,5,13H2,1H3,(H,14,15). The van der Waals surface area contributed by atoms with Crippen molar-refractivity contribution in [3.05, 3.63) is 28.2 Å². The SMILES string of the molecule is COCC(N)C(=O)Nc1cc(Cl)cc(Cl)c1. The number of carbonyl (C=O) groups is 1. The molecule has 0 radical (unpaired) electrons. The second kappa shape index (κ2) is 6.06. The van der Waals surface area contributed by atoms with Crippen molar-refractivity contribution in [2.24, 2.45) is 5.73 Å². The minimum Gasteiger partial charge on any atom is -0.383 e. The van der Waals surface area contributed by atoms with Crippen LogP contribution in [0.25, 0.3) is 0 Å². The lowest BCUT2D eigenvalue weighted by Crippen LogP contribution is -2.39. The van der Waals surface area contributed by atoms with Gasteiger partial charge in [-0.25, -0.2) is 0 Å². The number of ether oxygens (including phenoxy) is 1. The molecule has 0 heterocycles. The molecule has 1 atom stereocenters. The van der Waals surface area contributed by atoms with Crippen LogP contribution in [0.5, 0.6) is 0 Å². The average molecular weight is 263 g/mol. The first-order valence-corrected chi connectivity index (χ1v) is 5.30. The first-order valence-electron chi connectivity index (χ1n) is 4.54. The Balaban J connectivity index is 2.69. The lowest BCUT2D eigenvalue weighted by Gasteiger charge is -2.11. The predicted octanol–water partition coefficient (Wildman–Crippen LogP) is 1.91. The van der Waals surface area contributed by atoms with E-state index >= 15 is 0 Å². The molecule has 0 aliphatic heterocycles. The monoisotopic (exact) mass is 262 g/mol. The van der Waals surface area contributed by atoms with Gasteiger partial charge in [-0.1, -0.05) is 23.2 Å². The smallest absolute Gasteiger partial charge is 0.243 e. The van der Waals surface area contributed by atoms with E-state index < -0.39 is 6.04 Å². The van der Waals surface area contributed by atoms with Crippen molar-refractivity contribution in [3.63, 3.8) is 0 Å². The van der Waals surface area contributed by atoms with Gasteiger partial charge in [0.15, 0.2) is 0 Å². The second-order valence-corrected chi connectivity index (χ2v) is 4.08. The van der Waals surface area contributed by atoms with E-state index in [1.165, 1.54) is 7.11 Å². The lowest BCUT2D eigenvalue weighted by molar-refractivity contribution is -0.118. The van der Waals surface area contributed by atoms with Gasteiger partial charge in [-0.3, -0.25) is 4.79 Å². The normalized spacial score (nSPS) is 12.2. The van der Waals surface area contributed by atoms with Gasteiger partial charge in [0, 0.05) is 22.8 Å². The molecule has 0 spiro atoms. The number of benzene rings is 1. The number of amides is 1. The summed E-state index contributed by atoms with van der Waals surface area (Å²) in [6.45, 7) is 0.153. The summed E-state index contributed by atoms with van der Waals surface area (Å²) in [7, 11) is 1.48. The Bertz CT molecular complexity index is 365. The minimum absolute atomic E-state index is 0.153. The fourth-order valence-corrected chi connectivity index (χ4v) is 1.64. The van der Waals surface area contributed by atoms with Crippen LogP contribution in [-0.4, -0.2) is 25.7 Å². The first kappa shape index (κ1) is 13.3. The maximum absolute atomic E-state index is 11.5. The zero-order valence-corrected chi connectivity index (χ0v) is 10.2. The highest BCUT2D eigenvalue weighted by atomic mass is 35.5. The van der Waals surface area contributed by atoms with Gasteiger partial charge in [-0.2, -0.15) is 0 Å². The van der Waals surface area contributed by atoms with Gasteiger partial charge in [0.25, 0.3) is 0 Å². The lowest BCUT2D eigenvalue weighted by atomic mass is 10.2. The van der Waals surface area contributed by atoms with Crippen LogP contribution in [-0.2, 0) is 9.53 Å². The minimum atomic E-state index is -0.720. The van der Waals surface area contributed by atoms with E-state index in [9.17, 15) is 4.79 Å². The number of nitrogens with one attached hydrogen (secondary N) is 1. The third-order valence-electron chi connectivity index (χ3n) is 1.81. The molecule has 16 heavy (non-hydrogen) atoms. The summed E-state index contributed by atoms with van der Waals surface area (Å²) in [5, 5.41) is 3.49. The molecule has 0 saturated carbocycles. The van der Waals surface area contributed by atoms with Crippen LogP contribution in [0.4, 0.5) is 5.69 Å². The highest BCUT2D eigenvalue weighted by Gasteiger charge is 2.13. The zero-order valence-electron chi connectivity index (χ0n) is 8.67. The Hall–Kier alpha value is -0.810. The molecule has 1 aromatic rings. The third kappa shape index (κ3) is 3.98. The van der Waals surface area contributed by atoms with Gasteiger partial charge in [0.05, 0.1) is 6.61 Å². The first-order chi connectivity index (χ1) is 7.52. The topological polar surface area (TPSA) is 64.3 Å². The molecule has 0 aliphatic rings. The molecule has 0 fully saturated rings. The fourth-order valence-electron chi connectivity index (χ4n) is 1.12. The maximum atomic E-state index is 11.5. The Kier molecular flexibility index (Phi) is 5.02. The van der Waals surface area contributed by atoms with E-state index in [4.69, 9.17) is 33.7 Å². The number of carbonyl (C=O) groups excluding carboxylic acids is 1. The van der Waals surface area contributed by atoms with E-state index in [0.717, 1.165) is 0 Å². The van der Waals surface area contributed by atoms with E-state index in [0.29, 0.717) is 15.7 Å². The van der Waals surface area contributed by atoms with Crippen molar-refractivity contribution in [2.45, 2.75) is 6.04 Å². The maximum Gasteiger partial charge on any atom is 0.243 e. The number of rotatable bonds is 4. The van der Waals surface area contributed by atoms with E-state index in [1.807, 2.05) is 0 Å². The van der Waals surface area contributed by atoms with Gasteiger partial charge in [0.1, 0.15) is 6.04 Å². The van der Waals surface area contributed by atoms with Crippen LogP contribution in [0.1, 0.15) is 0 Å². The molecule has 1 aromatic carbocycles. The number of nitrogens with two attached hydrogens (primary N) is 1. The molecule has 0 bridgehead atoms. The molecule has 0 aliphatic carbocycles. The van der Waals surface area contributed by atoms with E-state index in [2.05, 4.69) is 5.32 Å². The Labute approximate surface area is 104 Å². The second-order valence-electron chi connectivity index (χ2n) is 3.21. The quantitative estimate of drug-likeness (QED) is 0.872. The molecular formula is C10H12Cl2N2O2. The van der Waals surface area contributed by atoms with Gasteiger partial charge in [-0.05, 0) is 18.2 Å². The van der Waals surface area contributed by atoms with Crippen molar-refractivity contribution in [3.8, 4) is 0 Å². The predicted molar refractivity (Wildman–Crippen MR) is 64.9 cm³/mol. The molecule has 1 rings (SSSR count). The van der Waals surface area contributed by atoms with Crippen LogP contribution in [0, 0.1) is 0 Å². The van der Waals surface area contributed by atoms with Crippen molar-refractivity contribution in [1.29, 1.82) is 0 Å². The van der Waals surface area contributed by atoms with Crippen LogP contribution in [0.15, 0.2) is 18.2 Å². The summed E-state index contributed by atoms with van der Waals surface area (Å²) in [4.78, 5) is 11.5. The van der Waals surface area contributed by atoms with Crippen molar-refractivity contribution in [2.75, 3.05) is 19.0 Å². The Morgan fingerprint density at radius 2 is 2.00 bits per heavy atom. The molecule has 0 saturated heterocycles. The summed E-state index contributed by atoms with van der Waals surface area (Å²) in [5.74, 6) is -0.347. The zero-order chi connectivity index (χ0) is 12.1. The molecule has 6 heteroatoms. The number of hydrogen-bond acceptors (Lipinski definition) is 3. The fraction of sp³-hybridized carbons (Fsp3) is 0.300. The van der Waals surface area contributed by atoms with Crippen LogP contribution in [0.2, 0.25) is 10.0 Å². The largest absolute Gasteiger partial charge is 0.383 e. The summed E-state index contributed by atoms with van der Waals surface area (Å²) in [5.41, 5.74) is 6.06. The molecule has 0 aromatic heterocycles. The molecule has 1 amide bonds. The van der Waals surface area contributed by atoms with Gasteiger partial charge in [-0.15, -0.1) is 0 Å². The average Bonchev–Trinajstić information content (AvgIpc) is 2.16. The number of halogens is 2. The van der Waals surface area contributed by atoms with E-state index in [-0.39, 0.29) is 12.5 Å². The number of anilines is 1. The molecule has 4 nitrogen and oxygen atoms in total. The third-order valence-corrected chi connectivity index (χ3v) is 2.25. The highest BCUT2D eigenvalue weighted by molar-refractivity contribution is 6.35. The Morgan fingerprint density at radius 3 is 2.50 bits per heavy atom. The summed E-state index contributed by atoms with van der Waals surface area (Å²) >= 11 is 11.6. The highest BCUT2D eigenvalue weighted by Crippen LogP contribution is 2.22. The summed E-state index contributed by atoms with van der Waals surface area (Å²) in [6.07, 6.45) is 0. The van der Waals surface area contributed by atoms with E-state index in [1.54, 1.807) is 18.2 Å². The molecule has 88 valence electrons. The molecule has 3 N–H and O–H groups in total. The summed E-state index contributed by atoms with van der Waals surface area (Å²) < 4.78 is 4.77. The molecular weight excluding hydrogens is 251 g/mol. The van der Waals surface area contributed by atoms with Crippen LogP contribution in [0.3, 0.4) is 0 Å². The van der Waals surface area contributed by atoms with Crippen molar-refractivity contribution in [1.82, 2.24) is 0 Å². The number of hydrogen-bond donors (Lipinski definition) is 2. The molecule has 1 unspecified atom stereocenters.